The Morgan fingerprint density at radius 3 is 1.37 bits per heavy atom. The van der Waals surface area contributed by atoms with Crippen LogP contribution in [0.1, 0.15) is 79.1 Å². The predicted octanol–water partition coefficient (Wildman–Crippen LogP) is 3.35. The van der Waals surface area contributed by atoms with Crippen LogP contribution in [-0.4, -0.2) is 75.0 Å². The zero-order valence-electron chi connectivity index (χ0n) is 20.3. The van der Waals surface area contributed by atoms with E-state index in [-0.39, 0.29) is 0 Å². The third-order valence-electron chi connectivity index (χ3n) is 5.70. The molecule has 30 heavy (non-hydrogen) atoms. The number of rotatable bonds is 23. The lowest BCUT2D eigenvalue weighted by molar-refractivity contribution is -0.0163. The lowest BCUT2D eigenvalue weighted by Gasteiger charge is -2.18. The summed E-state index contributed by atoms with van der Waals surface area (Å²) in [7, 11) is 0. The Labute approximate surface area is 186 Å². The van der Waals surface area contributed by atoms with Crippen molar-refractivity contribution >= 4 is 0 Å². The van der Waals surface area contributed by atoms with Gasteiger partial charge in [0.1, 0.15) is 0 Å². The van der Waals surface area contributed by atoms with Crippen LogP contribution in [-0.2, 0) is 9.47 Å². The van der Waals surface area contributed by atoms with Crippen LogP contribution >= 0.6 is 0 Å². The van der Waals surface area contributed by atoms with Gasteiger partial charge >= 0.3 is 0 Å². The molecule has 4 atom stereocenters. The minimum Gasteiger partial charge on any atom is -0.389 e. The Morgan fingerprint density at radius 2 is 1.03 bits per heavy atom. The Balaban J connectivity index is 3.56. The molecule has 0 bridgehead atoms. The predicted molar refractivity (Wildman–Crippen MR) is 126 cm³/mol. The van der Waals surface area contributed by atoms with Crippen molar-refractivity contribution in [3.63, 3.8) is 0 Å². The smallest absolute Gasteiger partial charge is 0.0897 e. The molecular weight excluding hydrogens is 380 g/mol. The van der Waals surface area contributed by atoms with Crippen molar-refractivity contribution in [2.75, 3.05) is 52.6 Å². The summed E-state index contributed by atoms with van der Waals surface area (Å²) < 4.78 is 11.0. The molecule has 0 saturated heterocycles. The van der Waals surface area contributed by atoms with Crippen LogP contribution in [0.5, 0.6) is 0 Å². The molecular formula is C24H52N2O4. The number of hydrogen-bond acceptors (Lipinski definition) is 6. The monoisotopic (exact) mass is 432 g/mol. The van der Waals surface area contributed by atoms with Crippen molar-refractivity contribution in [3.8, 4) is 0 Å². The fourth-order valence-corrected chi connectivity index (χ4v) is 3.47. The summed E-state index contributed by atoms with van der Waals surface area (Å²) >= 11 is 0. The van der Waals surface area contributed by atoms with Gasteiger partial charge in [0, 0.05) is 13.1 Å². The van der Waals surface area contributed by atoms with E-state index >= 15 is 0 Å². The summed E-state index contributed by atoms with van der Waals surface area (Å²) in [6, 6.07) is 0. The number of unbranched alkanes of at least 4 members (excludes halogenated alkanes) is 2. The number of nitrogens with one attached hydrogen (secondary N) is 2. The number of hydrogen-bond donors (Lipinski definition) is 4. The first-order chi connectivity index (χ1) is 14.6. The highest BCUT2D eigenvalue weighted by Crippen LogP contribution is 2.11. The van der Waals surface area contributed by atoms with Crippen molar-refractivity contribution in [1.29, 1.82) is 0 Å². The van der Waals surface area contributed by atoms with Gasteiger partial charge in [0.2, 0.25) is 0 Å². The van der Waals surface area contributed by atoms with Gasteiger partial charge in [0.15, 0.2) is 0 Å². The fraction of sp³-hybridized carbons (Fsp3) is 1.00. The molecule has 6 nitrogen and oxygen atoms in total. The second-order valence-corrected chi connectivity index (χ2v) is 8.61. The standard InChI is InChI=1S/C24H52N2O4/c1-5-9-11-21(7-3)15-25-17-23(27)19-29-13-14-30-20-24(28)18-26-16-22(8-4)12-10-6-2/h21-28H,5-20H2,1-4H3. The van der Waals surface area contributed by atoms with E-state index in [0.717, 1.165) is 13.1 Å². The minimum absolute atomic E-state index is 0.308. The van der Waals surface area contributed by atoms with Crippen LogP contribution in [0.4, 0.5) is 0 Å². The van der Waals surface area contributed by atoms with Gasteiger partial charge < -0.3 is 30.3 Å². The summed E-state index contributed by atoms with van der Waals surface area (Å²) in [4.78, 5) is 0. The molecule has 0 aromatic heterocycles. The lowest BCUT2D eigenvalue weighted by Crippen LogP contribution is -2.34. The highest BCUT2D eigenvalue weighted by atomic mass is 16.5. The molecule has 0 saturated carbocycles. The SMILES string of the molecule is CCCCC(CC)CNCC(O)COCCOCC(O)CNCC(CC)CCCC. The van der Waals surface area contributed by atoms with Crippen molar-refractivity contribution in [3.05, 3.63) is 0 Å². The van der Waals surface area contributed by atoms with Crippen LogP contribution in [0.3, 0.4) is 0 Å². The molecule has 0 aromatic carbocycles. The van der Waals surface area contributed by atoms with Crippen molar-refractivity contribution in [1.82, 2.24) is 10.6 Å². The molecule has 0 rings (SSSR count). The van der Waals surface area contributed by atoms with E-state index in [4.69, 9.17) is 9.47 Å². The van der Waals surface area contributed by atoms with Crippen LogP contribution < -0.4 is 10.6 Å². The van der Waals surface area contributed by atoms with Crippen LogP contribution in [0.15, 0.2) is 0 Å². The molecule has 0 aliphatic carbocycles. The molecule has 0 heterocycles. The summed E-state index contributed by atoms with van der Waals surface area (Å²) in [6.45, 7) is 13.4. The molecule has 0 aliphatic heterocycles. The van der Waals surface area contributed by atoms with Gasteiger partial charge in [-0.15, -0.1) is 0 Å². The number of ether oxygens (including phenoxy) is 2. The van der Waals surface area contributed by atoms with Crippen molar-refractivity contribution < 1.29 is 19.7 Å². The molecule has 0 amide bonds. The lowest BCUT2D eigenvalue weighted by atomic mass is 9.99. The van der Waals surface area contributed by atoms with E-state index in [0.29, 0.717) is 51.4 Å². The second-order valence-electron chi connectivity index (χ2n) is 8.61. The van der Waals surface area contributed by atoms with E-state index < -0.39 is 12.2 Å². The molecule has 0 aromatic rings. The van der Waals surface area contributed by atoms with Crippen LogP contribution in [0, 0.1) is 11.8 Å². The third kappa shape index (κ3) is 18.5. The van der Waals surface area contributed by atoms with Gasteiger partial charge in [-0.05, 0) is 37.8 Å². The molecule has 6 heteroatoms. The van der Waals surface area contributed by atoms with Gasteiger partial charge in [-0.1, -0.05) is 66.2 Å². The highest BCUT2D eigenvalue weighted by Gasteiger charge is 2.10. The Hall–Kier alpha value is -0.240. The van der Waals surface area contributed by atoms with Gasteiger partial charge in [-0.25, -0.2) is 0 Å². The quantitative estimate of drug-likeness (QED) is 0.185. The van der Waals surface area contributed by atoms with Crippen LogP contribution in [0.2, 0.25) is 0 Å². The zero-order valence-corrected chi connectivity index (χ0v) is 20.3. The second kappa shape index (κ2) is 22.0. The van der Waals surface area contributed by atoms with Gasteiger partial charge in [-0.3, -0.25) is 0 Å². The third-order valence-corrected chi connectivity index (χ3v) is 5.70. The largest absolute Gasteiger partial charge is 0.389 e. The number of aliphatic hydroxyl groups is 2. The maximum atomic E-state index is 10.00. The maximum absolute atomic E-state index is 10.00. The summed E-state index contributed by atoms with van der Waals surface area (Å²) in [5, 5.41) is 26.7. The topological polar surface area (TPSA) is 83.0 Å². The fourth-order valence-electron chi connectivity index (χ4n) is 3.47. The first-order valence-corrected chi connectivity index (χ1v) is 12.5. The number of aliphatic hydroxyl groups excluding tert-OH is 2. The Bertz CT molecular complexity index is 315. The molecule has 0 spiro atoms. The summed E-state index contributed by atoms with van der Waals surface area (Å²) in [5.41, 5.74) is 0. The Kier molecular flexibility index (Phi) is 21.8. The van der Waals surface area contributed by atoms with Crippen LogP contribution in [0.25, 0.3) is 0 Å². The van der Waals surface area contributed by atoms with Crippen molar-refractivity contribution in [2.45, 2.75) is 91.3 Å². The molecule has 4 N–H and O–H groups in total. The van der Waals surface area contributed by atoms with Gasteiger partial charge in [-0.2, -0.15) is 0 Å². The van der Waals surface area contributed by atoms with Gasteiger partial charge in [0.25, 0.3) is 0 Å². The zero-order chi connectivity index (χ0) is 22.5. The van der Waals surface area contributed by atoms with E-state index in [9.17, 15) is 10.2 Å². The molecule has 0 radical (unpaired) electrons. The Morgan fingerprint density at radius 1 is 0.633 bits per heavy atom. The minimum atomic E-state index is -0.498. The first kappa shape index (κ1) is 29.8. The average molecular weight is 433 g/mol. The van der Waals surface area contributed by atoms with Crippen molar-refractivity contribution in [2.24, 2.45) is 11.8 Å². The van der Waals surface area contributed by atoms with E-state index in [1.807, 2.05) is 0 Å². The summed E-state index contributed by atoms with van der Waals surface area (Å²) in [6.07, 6.45) is 8.88. The normalized spacial score (nSPS) is 15.8. The van der Waals surface area contributed by atoms with Gasteiger partial charge in [0.05, 0.1) is 38.6 Å². The first-order valence-electron chi connectivity index (χ1n) is 12.5. The summed E-state index contributed by atoms with van der Waals surface area (Å²) in [5.74, 6) is 1.38. The maximum Gasteiger partial charge on any atom is 0.0897 e. The average Bonchev–Trinajstić information content (AvgIpc) is 2.75. The molecule has 0 aliphatic rings. The highest BCUT2D eigenvalue weighted by molar-refractivity contribution is 4.65. The molecule has 182 valence electrons. The van der Waals surface area contributed by atoms with E-state index in [1.165, 1.54) is 51.4 Å². The molecule has 0 fully saturated rings. The van der Waals surface area contributed by atoms with E-state index in [2.05, 4.69) is 38.3 Å². The molecule has 4 unspecified atom stereocenters. The van der Waals surface area contributed by atoms with E-state index in [1.54, 1.807) is 0 Å².